The van der Waals surface area contributed by atoms with Gasteiger partial charge in [0.25, 0.3) is 0 Å². The van der Waals surface area contributed by atoms with Crippen LogP contribution in [0, 0.1) is 0 Å². The number of hydrogen-bond donors (Lipinski definition) is 1. The van der Waals surface area contributed by atoms with Gasteiger partial charge in [-0.05, 0) is 30.7 Å². The minimum atomic E-state index is 0.00463. The van der Waals surface area contributed by atoms with Crippen LogP contribution in [0.3, 0.4) is 0 Å². The number of amides is 1. The van der Waals surface area contributed by atoms with Crippen LogP contribution in [0.15, 0.2) is 59.8 Å². The van der Waals surface area contributed by atoms with Crippen molar-refractivity contribution < 1.29 is 9.59 Å². The molecule has 0 aliphatic carbocycles. The predicted octanol–water partition coefficient (Wildman–Crippen LogP) is 3.65. The normalized spacial score (nSPS) is 10.9. The summed E-state index contributed by atoms with van der Waals surface area (Å²) in [5.41, 5.74) is 1.10. The molecular weight excluding hydrogens is 308 g/mol. The van der Waals surface area contributed by atoms with Crippen molar-refractivity contribution in [2.45, 2.75) is 30.4 Å². The number of pyridine rings is 1. The van der Waals surface area contributed by atoms with Crippen LogP contribution < -0.4 is 5.32 Å². The number of benzene rings is 1. The Bertz CT molecular complexity index is 603. The fraction of sp³-hybridized carbons (Fsp3) is 0.278. The summed E-state index contributed by atoms with van der Waals surface area (Å²) < 4.78 is 0. The molecule has 0 radical (unpaired) electrons. The molecule has 0 bridgehead atoms. The molecule has 0 aliphatic heterocycles. The smallest absolute Gasteiger partial charge is 0.216 e. The number of hydrogen-bond acceptors (Lipinski definition) is 4. The van der Waals surface area contributed by atoms with E-state index in [9.17, 15) is 9.59 Å². The zero-order chi connectivity index (χ0) is 17.1. The Balaban J connectivity index is 0.000000463. The van der Waals surface area contributed by atoms with Crippen molar-refractivity contribution in [3.63, 3.8) is 0 Å². The summed E-state index contributed by atoms with van der Waals surface area (Å²) in [6.45, 7) is 3.11. The van der Waals surface area contributed by atoms with Gasteiger partial charge < -0.3 is 5.32 Å². The third-order valence-electron chi connectivity index (χ3n) is 2.90. The maximum absolute atomic E-state index is 11.4. The van der Waals surface area contributed by atoms with Crippen molar-refractivity contribution in [1.82, 2.24) is 10.3 Å². The van der Waals surface area contributed by atoms with E-state index in [1.54, 1.807) is 31.9 Å². The van der Waals surface area contributed by atoms with Gasteiger partial charge in [0.05, 0.1) is 0 Å². The number of carbonyl (C=O) groups is 2. The Morgan fingerprint density at radius 3 is 2.26 bits per heavy atom. The minimum absolute atomic E-state index is 0.00463. The van der Waals surface area contributed by atoms with Crippen LogP contribution in [0.2, 0.25) is 0 Å². The van der Waals surface area contributed by atoms with Gasteiger partial charge in [-0.3, -0.25) is 14.6 Å². The second-order valence-electron chi connectivity index (χ2n) is 4.92. The lowest BCUT2D eigenvalue weighted by atomic mass is 10.1. The molecule has 0 spiro atoms. The van der Waals surface area contributed by atoms with Crippen molar-refractivity contribution in [2.75, 3.05) is 7.05 Å². The molecule has 0 saturated heterocycles. The second kappa shape index (κ2) is 10.6. The highest BCUT2D eigenvalue weighted by atomic mass is 32.2. The zero-order valence-electron chi connectivity index (χ0n) is 13.7. The van der Waals surface area contributed by atoms with Crippen LogP contribution >= 0.6 is 11.8 Å². The van der Waals surface area contributed by atoms with Crippen LogP contribution in [-0.4, -0.2) is 23.7 Å². The first kappa shape index (κ1) is 18.9. The Morgan fingerprint density at radius 2 is 1.78 bits per heavy atom. The van der Waals surface area contributed by atoms with E-state index in [0.29, 0.717) is 6.42 Å². The summed E-state index contributed by atoms with van der Waals surface area (Å²) in [6.07, 6.45) is 4.12. The fourth-order valence-corrected chi connectivity index (χ4v) is 2.95. The summed E-state index contributed by atoms with van der Waals surface area (Å²) in [5, 5.41) is 2.53. The highest BCUT2D eigenvalue weighted by Gasteiger charge is 2.15. The first-order valence-corrected chi connectivity index (χ1v) is 8.20. The van der Waals surface area contributed by atoms with E-state index in [0.717, 1.165) is 5.56 Å². The van der Waals surface area contributed by atoms with E-state index < -0.39 is 0 Å². The fourth-order valence-electron chi connectivity index (χ4n) is 1.72. The second-order valence-corrected chi connectivity index (χ2v) is 6.19. The largest absolute Gasteiger partial charge is 0.359 e. The standard InChI is InChI=1S/C15H15NOS.C3H7NO/c1-12(17)10-15(13-6-5-9-16-11-13)18-14-7-3-2-4-8-14;1-3(5)4-2/h2-9,11,15H,10H2,1H3;1-2H3,(H,4,5). The maximum Gasteiger partial charge on any atom is 0.216 e. The lowest BCUT2D eigenvalue weighted by Gasteiger charge is -2.15. The van der Waals surface area contributed by atoms with Crippen LogP contribution in [0.1, 0.15) is 31.1 Å². The molecule has 2 rings (SSSR count). The maximum atomic E-state index is 11.4. The molecule has 1 aromatic heterocycles. The molecule has 122 valence electrons. The molecule has 4 nitrogen and oxygen atoms in total. The van der Waals surface area contributed by atoms with E-state index in [-0.39, 0.29) is 16.9 Å². The van der Waals surface area contributed by atoms with Gasteiger partial charge in [-0.2, -0.15) is 0 Å². The lowest BCUT2D eigenvalue weighted by molar-refractivity contribution is -0.118. The van der Waals surface area contributed by atoms with Crippen molar-refractivity contribution in [3.05, 3.63) is 60.4 Å². The third-order valence-corrected chi connectivity index (χ3v) is 4.17. The first-order chi connectivity index (χ1) is 11.0. The van der Waals surface area contributed by atoms with Crippen LogP contribution in [0.5, 0.6) is 0 Å². The van der Waals surface area contributed by atoms with E-state index in [1.165, 1.54) is 11.8 Å². The molecule has 23 heavy (non-hydrogen) atoms. The number of rotatable bonds is 5. The predicted molar refractivity (Wildman–Crippen MR) is 94.3 cm³/mol. The molecule has 1 unspecified atom stereocenters. The molecule has 1 amide bonds. The Morgan fingerprint density at radius 1 is 1.13 bits per heavy atom. The number of carbonyl (C=O) groups excluding carboxylic acids is 2. The Hall–Kier alpha value is -2.14. The van der Waals surface area contributed by atoms with Crippen molar-refractivity contribution >= 4 is 23.5 Å². The summed E-state index contributed by atoms with van der Waals surface area (Å²) in [7, 11) is 1.60. The molecular formula is C18H22N2O2S. The van der Waals surface area contributed by atoms with Gasteiger partial charge in [0.1, 0.15) is 5.78 Å². The van der Waals surface area contributed by atoms with Gasteiger partial charge in [0, 0.05) is 42.9 Å². The number of nitrogens with one attached hydrogen (secondary N) is 1. The highest BCUT2D eigenvalue weighted by molar-refractivity contribution is 7.99. The number of thioether (sulfide) groups is 1. The topological polar surface area (TPSA) is 59.1 Å². The van der Waals surface area contributed by atoms with E-state index >= 15 is 0 Å². The minimum Gasteiger partial charge on any atom is -0.359 e. The highest BCUT2D eigenvalue weighted by Crippen LogP contribution is 2.37. The van der Waals surface area contributed by atoms with Crippen LogP contribution in [0.4, 0.5) is 0 Å². The zero-order valence-corrected chi connectivity index (χ0v) is 14.5. The van der Waals surface area contributed by atoms with Gasteiger partial charge in [-0.15, -0.1) is 11.8 Å². The first-order valence-electron chi connectivity index (χ1n) is 7.32. The van der Waals surface area contributed by atoms with Gasteiger partial charge in [0.15, 0.2) is 0 Å². The van der Waals surface area contributed by atoms with Gasteiger partial charge in [-0.25, -0.2) is 0 Å². The van der Waals surface area contributed by atoms with Crippen LogP contribution in [-0.2, 0) is 9.59 Å². The molecule has 5 heteroatoms. The molecule has 1 aromatic carbocycles. The SMILES string of the molecule is CC(=O)CC(Sc1ccccc1)c1cccnc1.CNC(C)=O. The molecule has 0 saturated carbocycles. The molecule has 1 heterocycles. The summed E-state index contributed by atoms with van der Waals surface area (Å²) in [4.78, 5) is 26.4. The van der Waals surface area contributed by atoms with E-state index in [4.69, 9.17) is 0 Å². The summed E-state index contributed by atoms with van der Waals surface area (Å²) in [6, 6.07) is 14.1. The quantitative estimate of drug-likeness (QED) is 0.850. The Labute approximate surface area is 141 Å². The number of ketones is 1. The summed E-state index contributed by atoms with van der Waals surface area (Å²) >= 11 is 1.71. The molecule has 1 atom stereocenters. The molecule has 2 aromatic rings. The van der Waals surface area contributed by atoms with Crippen molar-refractivity contribution in [1.29, 1.82) is 0 Å². The average Bonchev–Trinajstić information content (AvgIpc) is 2.56. The molecule has 0 fully saturated rings. The molecule has 1 N–H and O–H groups in total. The average molecular weight is 330 g/mol. The van der Waals surface area contributed by atoms with Gasteiger partial charge in [-0.1, -0.05) is 24.3 Å². The third kappa shape index (κ3) is 8.16. The lowest BCUT2D eigenvalue weighted by Crippen LogP contribution is -2.11. The summed E-state index contributed by atoms with van der Waals surface area (Å²) in [5.74, 6) is 0.206. The number of Topliss-reactive ketones (excluding diaryl/α,β-unsaturated/α-hetero) is 1. The van der Waals surface area contributed by atoms with Gasteiger partial charge >= 0.3 is 0 Å². The number of nitrogens with zero attached hydrogens (tertiary/aromatic N) is 1. The van der Waals surface area contributed by atoms with Gasteiger partial charge in [0.2, 0.25) is 5.91 Å². The monoisotopic (exact) mass is 330 g/mol. The molecule has 0 aliphatic rings. The Kier molecular flexibility index (Phi) is 8.68. The van der Waals surface area contributed by atoms with E-state index in [2.05, 4.69) is 22.4 Å². The van der Waals surface area contributed by atoms with E-state index in [1.807, 2.05) is 36.5 Å². The number of aromatic nitrogens is 1. The van der Waals surface area contributed by atoms with Crippen molar-refractivity contribution in [3.8, 4) is 0 Å². The van der Waals surface area contributed by atoms with Crippen LogP contribution in [0.25, 0.3) is 0 Å². The van der Waals surface area contributed by atoms with Crippen molar-refractivity contribution in [2.24, 2.45) is 0 Å².